The average molecular weight is 288 g/mol. The van der Waals surface area contributed by atoms with E-state index in [9.17, 15) is 4.79 Å². The second-order valence-electron chi connectivity index (χ2n) is 4.32. The fourth-order valence-electron chi connectivity index (χ4n) is 1.65. The number of carbonyl (C=O) groups is 1. The van der Waals surface area contributed by atoms with Gasteiger partial charge in [0.1, 0.15) is 11.6 Å². The van der Waals surface area contributed by atoms with Crippen molar-refractivity contribution in [1.29, 1.82) is 5.26 Å². The molecule has 4 N–H and O–H groups in total. The third-order valence-corrected chi connectivity index (χ3v) is 2.74. The first-order valence-corrected chi connectivity index (χ1v) is 6.60. The Labute approximate surface area is 124 Å². The molecule has 1 rings (SSSR count). The van der Waals surface area contributed by atoms with Gasteiger partial charge in [-0.3, -0.25) is 4.79 Å². The predicted molar refractivity (Wildman–Crippen MR) is 79.8 cm³/mol. The predicted octanol–water partition coefficient (Wildman–Crippen LogP) is 0.405. The number of ether oxygens (including phenoxy) is 1. The van der Waals surface area contributed by atoms with Crippen LogP contribution in [0, 0.1) is 11.3 Å². The largest absolute Gasteiger partial charge is 0.386 e. The number of nitrogens with zero attached hydrogens (tertiary/aromatic N) is 1. The zero-order valence-electron chi connectivity index (χ0n) is 12.1. The Morgan fingerprint density at radius 2 is 2.24 bits per heavy atom. The summed E-state index contributed by atoms with van der Waals surface area (Å²) in [6, 6.07) is 9.66. The monoisotopic (exact) mass is 288 g/mol. The first kappa shape index (κ1) is 16.7. The number of nitrogens with two attached hydrogens (primary N) is 1. The molecule has 0 atom stereocenters. The minimum absolute atomic E-state index is 0.0288. The highest BCUT2D eigenvalue weighted by Crippen LogP contribution is 2.04. The third kappa shape index (κ3) is 6.08. The lowest BCUT2D eigenvalue weighted by molar-refractivity contribution is -0.117. The van der Waals surface area contributed by atoms with E-state index in [0.717, 1.165) is 11.1 Å². The van der Waals surface area contributed by atoms with Gasteiger partial charge in [0.05, 0.1) is 6.61 Å². The number of rotatable bonds is 8. The van der Waals surface area contributed by atoms with Crippen LogP contribution in [-0.4, -0.2) is 26.2 Å². The topological polar surface area (TPSA) is 100 Å². The zero-order chi connectivity index (χ0) is 15.5. The second-order valence-corrected chi connectivity index (χ2v) is 4.32. The average Bonchev–Trinajstić information content (AvgIpc) is 2.52. The molecule has 0 fully saturated rings. The molecule has 6 nitrogen and oxygen atoms in total. The molecule has 0 saturated heterocycles. The Morgan fingerprint density at radius 3 is 2.90 bits per heavy atom. The van der Waals surface area contributed by atoms with Crippen LogP contribution in [0.1, 0.15) is 11.1 Å². The van der Waals surface area contributed by atoms with Crippen molar-refractivity contribution in [2.24, 2.45) is 5.73 Å². The molecule has 0 unspecified atom stereocenters. The SMILES string of the molecule is COCCNC(=O)/C(C#N)=C\NCc1cccc(CN)c1. The molecule has 0 aliphatic rings. The molecule has 0 aromatic heterocycles. The molecule has 1 amide bonds. The molecule has 1 aromatic rings. The minimum atomic E-state index is -0.419. The Bertz CT molecular complexity index is 535. The summed E-state index contributed by atoms with van der Waals surface area (Å²) in [6.45, 7) is 1.77. The van der Waals surface area contributed by atoms with Crippen LogP contribution in [0.2, 0.25) is 0 Å². The maximum atomic E-state index is 11.7. The van der Waals surface area contributed by atoms with Crippen molar-refractivity contribution in [2.75, 3.05) is 20.3 Å². The van der Waals surface area contributed by atoms with Gasteiger partial charge in [-0.2, -0.15) is 5.26 Å². The highest BCUT2D eigenvalue weighted by molar-refractivity contribution is 5.97. The molecule has 6 heteroatoms. The van der Waals surface area contributed by atoms with Gasteiger partial charge < -0.3 is 21.1 Å². The molecule has 0 radical (unpaired) electrons. The van der Waals surface area contributed by atoms with Gasteiger partial charge in [-0.1, -0.05) is 24.3 Å². The van der Waals surface area contributed by atoms with E-state index in [-0.39, 0.29) is 5.57 Å². The minimum Gasteiger partial charge on any atom is -0.386 e. The van der Waals surface area contributed by atoms with Crippen molar-refractivity contribution in [3.8, 4) is 6.07 Å². The summed E-state index contributed by atoms with van der Waals surface area (Å²) in [5.41, 5.74) is 7.68. The summed E-state index contributed by atoms with van der Waals surface area (Å²) in [6.07, 6.45) is 1.41. The van der Waals surface area contributed by atoms with Crippen LogP contribution in [0.25, 0.3) is 0 Å². The van der Waals surface area contributed by atoms with Crippen LogP contribution >= 0.6 is 0 Å². The van der Waals surface area contributed by atoms with Crippen LogP contribution in [0.5, 0.6) is 0 Å². The van der Waals surface area contributed by atoms with Gasteiger partial charge in [0.15, 0.2) is 0 Å². The number of nitrogens with one attached hydrogen (secondary N) is 2. The van der Waals surface area contributed by atoms with Crippen molar-refractivity contribution in [1.82, 2.24) is 10.6 Å². The van der Waals surface area contributed by atoms with Crippen LogP contribution < -0.4 is 16.4 Å². The van der Waals surface area contributed by atoms with Crippen LogP contribution in [0.4, 0.5) is 0 Å². The van der Waals surface area contributed by atoms with Gasteiger partial charge in [0.2, 0.25) is 0 Å². The van der Waals surface area contributed by atoms with Crippen LogP contribution in [0.15, 0.2) is 36.0 Å². The number of amides is 1. The van der Waals surface area contributed by atoms with Gasteiger partial charge in [-0.05, 0) is 11.1 Å². The summed E-state index contributed by atoms with van der Waals surface area (Å²) in [4.78, 5) is 11.7. The molecular formula is C15H20N4O2. The Morgan fingerprint density at radius 1 is 1.48 bits per heavy atom. The Kier molecular flexibility index (Phi) is 7.58. The van der Waals surface area contributed by atoms with Crippen molar-refractivity contribution in [3.05, 3.63) is 47.2 Å². The van der Waals surface area contributed by atoms with Crippen molar-refractivity contribution >= 4 is 5.91 Å². The highest BCUT2D eigenvalue weighted by Gasteiger charge is 2.07. The van der Waals surface area contributed by atoms with E-state index in [1.807, 2.05) is 30.3 Å². The number of hydrogen-bond donors (Lipinski definition) is 3. The molecule has 0 aliphatic carbocycles. The second kappa shape index (κ2) is 9.53. The highest BCUT2D eigenvalue weighted by atomic mass is 16.5. The summed E-state index contributed by atoms with van der Waals surface area (Å²) in [7, 11) is 1.55. The first-order valence-electron chi connectivity index (χ1n) is 6.60. The number of methoxy groups -OCH3 is 1. The van der Waals surface area contributed by atoms with Crippen molar-refractivity contribution in [3.63, 3.8) is 0 Å². The van der Waals surface area contributed by atoms with Gasteiger partial charge in [-0.15, -0.1) is 0 Å². The third-order valence-electron chi connectivity index (χ3n) is 2.74. The lowest BCUT2D eigenvalue weighted by atomic mass is 10.1. The van der Waals surface area contributed by atoms with Gasteiger partial charge in [0.25, 0.3) is 5.91 Å². The molecule has 0 spiro atoms. The molecule has 112 valence electrons. The van der Waals surface area contributed by atoms with E-state index in [2.05, 4.69) is 10.6 Å². The van der Waals surface area contributed by atoms with Gasteiger partial charge in [-0.25, -0.2) is 0 Å². The smallest absolute Gasteiger partial charge is 0.263 e. The Balaban J connectivity index is 2.52. The summed E-state index contributed by atoms with van der Waals surface area (Å²) in [5, 5.41) is 14.5. The molecule has 0 heterocycles. The molecule has 0 bridgehead atoms. The molecule has 0 saturated carbocycles. The molecule has 21 heavy (non-hydrogen) atoms. The standard InChI is InChI=1S/C15H20N4O2/c1-21-6-5-19-15(20)14(9-17)11-18-10-13-4-2-3-12(7-13)8-16/h2-4,7,11,18H,5-6,8,10,16H2,1H3,(H,19,20)/b14-11-. The van der Waals surface area contributed by atoms with Gasteiger partial charge >= 0.3 is 0 Å². The quantitative estimate of drug-likeness (QED) is 0.365. The lowest BCUT2D eigenvalue weighted by Gasteiger charge is -2.06. The van der Waals surface area contributed by atoms with E-state index in [4.69, 9.17) is 15.7 Å². The maximum Gasteiger partial charge on any atom is 0.263 e. The fraction of sp³-hybridized carbons (Fsp3) is 0.333. The molecular weight excluding hydrogens is 268 g/mol. The first-order chi connectivity index (χ1) is 10.2. The van der Waals surface area contributed by atoms with E-state index >= 15 is 0 Å². The number of hydrogen-bond acceptors (Lipinski definition) is 5. The maximum absolute atomic E-state index is 11.7. The van der Waals surface area contributed by atoms with Crippen LogP contribution in [-0.2, 0) is 22.6 Å². The van der Waals surface area contributed by atoms with Crippen LogP contribution in [0.3, 0.4) is 0 Å². The van der Waals surface area contributed by atoms with Crippen molar-refractivity contribution < 1.29 is 9.53 Å². The van der Waals surface area contributed by atoms with Gasteiger partial charge in [0, 0.05) is 32.9 Å². The molecule has 1 aromatic carbocycles. The van der Waals surface area contributed by atoms with E-state index in [1.54, 1.807) is 7.11 Å². The Hall–Kier alpha value is -2.36. The van der Waals surface area contributed by atoms with E-state index in [1.165, 1.54) is 6.20 Å². The number of nitriles is 1. The zero-order valence-corrected chi connectivity index (χ0v) is 12.1. The lowest BCUT2D eigenvalue weighted by Crippen LogP contribution is -2.28. The normalized spacial score (nSPS) is 10.8. The van der Waals surface area contributed by atoms with Crippen molar-refractivity contribution in [2.45, 2.75) is 13.1 Å². The summed E-state index contributed by atoms with van der Waals surface area (Å²) in [5.74, 6) is -0.419. The van der Waals surface area contributed by atoms with E-state index < -0.39 is 5.91 Å². The molecule has 0 aliphatic heterocycles. The van der Waals surface area contributed by atoms with E-state index in [0.29, 0.717) is 26.2 Å². The fourth-order valence-corrected chi connectivity index (χ4v) is 1.65. The number of carbonyl (C=O) groups excluding carboxylic acids is 1. The summed E-state index contributed by atoms with van der Waals surface area (Å²) >= 11 is 0. The summed E-state index contributed by atoms with van der Waals surface area (Å²) < 4.78 is 4.82. The number of benzene rings is 1.